The number of alkyl halides is 1. The van der Waals surface area contributed by atoms with Crippen molar-refractivity contribution in [1.82, 2.24) is 5.32 Å². The fraction of sp³-hybridized carbons (Fsp3) is 1.00. The number of hydrogen-bond acceptors (Lipinski definition) is 3. The van der Waals surface area contributed by atoms with Crippen molar-refractivity contribution in [2.24, 2.45) is 0 Å². The highest BCUT2D eigenvalue weighted by molar-refractivity contribution is 7.85. The molecule has 0 heterocycles. The van der Waals surface area contributed by atoms with Crippen LogP contribution in [0.5, 0.6) is 0 Å². The van der Waals surface area contributed by atoms with Crippen molar-refractivity contribution < 1.29 is 17.4 Å². The minimum absolute atomic E-state index is 0.0340. The fourth-order valence-corrected chi connectivity index (χ4v) is 2.65. The highest BCUT2D eigenvalue weighted by Crippen LogP contribution is 2.21. The molecule has 0 radical (unpaired) electrons. The van der Waals surface area contributed by atoms with Crippen molar-refractivity contribution in [3.63, 3.8) is 0 Å². The molecule has 0 spiro atoms. The van der Waals surface area contributed by atoms with Gasteiger partial charge in [-0.05, 0) is 19.8 Å². The minimum atomic E-state index is -4.26. The van der Waals surface area contributed by atoms with Gasteiger partial charge in [-0.1, -0.05) is 12.8 Å². The van der Waals surface area contributed by atoms with E-state index in [2.05, 4.69) is 5.32 Å². The fourth-order valence-electron chi connectivity index (χ4n) is 1.88. The van der Waals surface area contributed by atoms with Crippen molar-refractivity contribution in [3.8, 4) is 0 Å². The lowest BCUT2D eigenvalue weighted by Crippen LogP contribution is -2.48. The zero-order valence-corrected chi connectivity index (χ0v) is 8.98. The first-order valence-corrected chi connectivity index (χ1v) is 6.31. The normalized spacial score (nSPS) is 23.6. The van der Waals surface area contributed by atoms with Gasteiger partial charge in [-0.2, -0.15) is 8.42 Å². The standard InChI is InChI=1S/C8H16FNO3S/c1-8(9,6-14(11,12)13)10-7-4-2-3-5-7/h7,10H,2-6H2,1H3,(H,11,12,13)/t8-/m0/s1. The molecule has 1 aliphatic rings. The first-order valence-electron chi connectivity index (χ1n) is 4.70. The van der Waals surface area contributed by atoms with Crippen LogP contribution in [0.2, 0.25) is 0 Å². The molecular weight excluding hydrogens is 209 g/mol. The summed E-state index contributed by atoms with van der Waals surface area (Å²) in [6, 6.07) is 0.0340. The maximum absolute atomic E-state index is 13.6. The van der Waals surface area contributed by atoms with E-state index in [4.69, 9.17) is 4.55 Å². The lowest BCUT2D eigenvalue weighted by molar-refractivity contribution is 0.144. The van der Waals surface area contributed by atoms with Crippen molar-refractivity contribution in [2.45, 2.75) is 44.4 Å². The third-order valence-corrected chi connectivity index (χ3v) is 3.22. The largest absolute Gasteiger partial charge is 0.285 e. The molecule has 0 unspecified atom stereocenters. The van der Waals surface area contributed by atoms with Gasteiger partial charge in [0.05, 0.1) is 0 Å². The average molecular weight is 225 g/mol. The summed E-state index contributed by atoms with van der Waals surface area (Å²) >= 11 is 0. The second-order valence-corrected chi connectivity index (χ2v) is 5.50. The molecule has 0 saturated heterocycles. The molecule has 0 aromatic heterocycles. The van der Waals surface area contributed by atoms with Gasteiger partial charge in [-0.25, -0.2) is 4.39 Å². The van der Waals surface area contributed by atoms with Crippen LogP contribution in [0.4, 0.5) is 4.39 Å². The summed E-state index contributed by atoms with van der Waals surface area (Å²) in [4.78, 5) is 0. The summed E-state index contributed by atoms with van der Waals surface area (Å²) in [6.07, 6.45) is 3.81. The zero-order chi connectivity index (χ0) is 10.8. The van der Waals surface area contributed by atoms with Gasteiger partial charge in [-0.3, -0.25) is 9.87 Å². The van der Waals surface area contributed by atoms with Gasteiger partial charge in [-0.15, -0.1) is 0 Å². The molecule has 1 rings (SSSR count). The second-order valence-electron chi connectivity index (χ2n) is 4.05. The van der Waals surface area contributed by atoms with Crippen LogP contribution < -0.4 is 5.32 Å². The predicted molar refractivity (Wildman–Crippen MR) is 51.3 cm³/mol. The molecule has 0 aromatic rings. The third-order valence-electron chi connectivity index (χ3n) is 2.31. The summed E-state index contributed by atoms with van der Waals surface area (Å²) < 4.78 is 43.1. The van der Waals surface area contributed by atoms with E-state index in [-0.39, 0.29) is 6.04 Å². The maximum Gasteiger partial charge on any atom is 0.269 e. The van der Waals surface area contributed by atoms with Crippen molar-refractivity contribution in [3.05, 3.63) is 0 Å². The number of hydrogen-bond donors (Lipinski definition) is 2. The summed E-state index contributed by atoms with van der Waals surface area (Å²) in [5, 5.41) is 2.61. The third kappa shape index (κ3) is 4.34. The van der Waals surface area contributed by atoms with Gasteiger partial charge in [0.25, 0.3) is 10.1 Å². The van der Waals surface area contributed by atoms with Gasteiger partial charge in [0, 0.05) is 6.04 Å². The van der Waals surface area contributed by atoms with Crippen LogP contribution in [-0.2, 0) is 10.1 Å². The predicted octanol–water partition coefficient (Wildman–Crippen LogP) is 1.09. The molecule has 1 atom stereocenters. The Labute approximate surface area is 83.6 Å². The van der Waals surface area contributed by atoms with Crippen LogP contribution in [0.15, 0.2) is 0 Å². The molecule has 1 aliphatic carbocycles. The molecule has 4 nitrogen and oxygen atoms in total. The quantitative estimate of drug-likeness (QED) is 0.555. The van der Waals surface area contributed by atoms with E-state index in [0.29, 0.717) is 0 Å². The lowest BCUT2D eigenvalue weighted by atomic mass is 10.2. The molecule has 84 valence electrons. The van der Waals surface area contributed by atoms with E-state index >= 15 is 0 Å². The van der Waals surface area contributed by atoms with E-state index in [9.17, 15) is 12.8 Å². The monoisotopic (exact) mass is 225 g/mol. The highest BCUT2D eigenvalue weighted by Gasteiger charge is 2.32. The molecule has 6 heteroatoms. The van der Waals surface area contributed by atoms with E-state index in [0.717, 1.165) is 32.6 Å². The van der Waals surface area contributed by atoms with Crippen LogP contribution in [0, 0.1) is 0 Å². The molecule has 0 aliphatic heterocycles. The van der Waals surface area contributed by atoms with Crippen molar-refractivity contribution in [2.75, 3.05) is 5.75 Å². The van der Waals surface area contributed by atoms with Gasteiger partial charge >= 0.3 is 0 Å². The first kappa shape index (κ1) is 11.9. The Morgan fingerprint density at radius 3 is 2.43 bits per heavy atom. The Balaban J connectivity index is 2.48. The van der Waals surface area contributed by atoms with Crippen LogP contribution >= 0.6 is 0 Å². The smallest absolute Gasteiger partial charge is 0.269 e. The Hall–Kier alpha value is -0.200. The van der Waals surface area contributed by atoms with Crippen molar-refractivity contribution in [1.29, 1.82) is 0 Å². The molecule has 1 fully saturated rings. The van der Waals surface area contributed by atoms with Crippen LogP contribution in [0.1, 0.15) is 32.6 Å². The molecule has 14 heavy (non-hydrogen) atoms. The molecule has 0 amide bonds. The van der Waals surface area contributed by atoms with Crippen LogP contribution in [0.25, 0.3) is 0 Å². The van der Waals surface area contributed by atoms with Gasteiger partial charge < -0.3 is 0 Å². The summed E-state index contributed by atoms with van der Waals surface area (Å²) in [6.45, 7) is 1.14. The first-order chi connectivity index (χ1) is 6.29. The van der Waals surface area contributed by atoms with Crippen LogP contribution in [0.3, 0.4) is 0 Å². The van der Waals surface area contributed by atoms with Gasteiger partial charge in [0.2, 0.25) is 0 Å². The van der Waals surface area contributed by atoms with E-state index in [1.54, 1.807) is 0 Å². The molecular formula is C8H16FNO3S. The maximum atomic E-state index is 13.6. The summed E-state index contributed by atoms with van der Waals surface area (Å²) in [5.74, 6) is -2.93. The van der Waals surface area contributed by atoms with E-state index < -0.39 is 21.7 Å². The zero-order valence-electron chi connectivity index (χ0n) is 8.16. The average Bonchev–Trinajstić information content (AvgIpc) is 2.31. The molecule has 0 bridgehead atoms. The summed E-state index contributed by atoms with van der Waals surface area (Å²) in [7, 11) is -4.26. The topological polar surface area (TPSA) is 66.4 Å². The van der Waals surface area contributed by atoms with Crippen molar-refractivity contribution >= 4 is 10.1 Å². The lowest BCUT2D eigenvalue weighted by Gasteiger charge is -2.24. The number of nitrogens with one attached hydrogen (secondary N) is 1. The van der Waals surface area contributed by atoms with E-state index in [1.807, 2.05) is 0 Å². The molecule has 0 aromatic carbocycles. The highest BCUT2D eigenvalue weighted by atomic mass is 32.2. The Kier molecular flexibility index (Phi) is 3.49. The molecule has 2 N–H and O–H groups in total. The SMILES string of the molecule is C[C@@](F)(CS(=O)(=O)O)NC1CCCC1. The van der Waals surface area contributed by atoms with E-state index in [1.165, 1.54) is 0 Å². The Morgan fingerprint density at radius 2 is 2.00 bits per heavy atom. The Bertz CT molecular complexity index is 283. The number of rotatable bonds is 4. The van der Waals surface area contributed by atoms with Gasteiger partial charge in [0.15, 0.2) is 5.79 Å². The number of halogens is 1. The minimum Gasteiger partial charge on any atom is -0.285 e. The van der Waals surface area contributed by atoms with Crippen LogP contribution in [-0.4, -0.2) is 30.6 Å². The van der Waals surface area contributed by atoms with Gasteiger partial charge in [0.1, 0.15) is 5.75 Å². The Morgan fingerprint density at radius 1 is 1.50 bits per heavy atom. The molecule has 1 saturated carbocycles. The second kappa shape index (κ2) is 4.12. The summed E-state index contributed by atoms with van der Waals surface area (Å²) in [5.41, 5.74) is 0.